The van der Waals surface area contributed by atoms with Gasteiger partial charge < -0.3 is 39.4 Å². The molecule has 2 aliphatic rings. The molecule has 214 valence electrons. The third-order valence-electron chi connectivity index (χ3n) is 7.67. The van der Waals surface area contributed by atoms with Gasteiger partial charge in [0, 0.05) is 24.3 Å². The lowest BCUT2D eigenvalue weighted by atomic mass is 9.69. The van der Waals surface area contributed by atoms with Crippen molar-refractivity contribution >= 4 is 11.6 Å². The van der Waals surface area contributed by atoms with Crippen molar-refractivity contribution in [1.82, 2.24) is 0 Å². The lowest BCUT2D eigenvalue weighted by Crippen LogP contribution is -2.45. The highest BCUT2D eigenvalue weighted by molar-refractivity contribution is 6.11. The zero-order valence-electron chi connectivity index (χ0n) is 22.5. The molecule has 4 aromatic rings. The maximum Gasteiger partial charge on any atom is 0.178 e. The summed E-state index contributed by atoms with van der Waals surface area (Å²) in [7, 11) is 3.03. The van der Waals surface area contributed by atoms with Crippen LogP contribution >= 0.6 is 0 Å². The topological polar surface area (TPSA) is 152 Å². The van der Waals surface area contributed by atoms with Gasteiger partial charge in [-0.05, 0) is 35.4 Å². The van der Waals surface area contributed by atoms with Gasteiger partial charge in [0.05, 0.1) is 26.1 Å². The Hall–Kier alpha value is -5.38. The van der Waals surface area contributed by atoms with Gasteiger partial charge in [-0.3, -0.25) is 9.59 Å². The summed E-state index contributed by atoms with van der Waals surface area (Å²) >= 11 is 0. The lowest BCUT2D eigenvalue weighted by Gasteiger charge is -2.42. The van der Waals surface area contributed by atoms with Gasteiger partial charge in [-0.2, -0.15) is 0 Å². The van der Waals surface area contributed by atoms with Crippen LogP contribution in [0.15, 0.2) is 72.8 Å². The van der Waals surface area contributed by atoms with Crippen molar-refractivity contribution in [3.8, 4) is 46.0 Å². The summed E-state index contributed by atoms with van der Waals surface area (Å²) in [5, 5.41) is 41.7. The number of ether oxygens (including phenoxy) is 4. The number of hydrogen-bond donors (Lipinski definition) is 4. The third-order valence-corrected chi connectivity index (χ3v) is 7.67. The Balaban J connectivity index is 1.57. The van der Waals surface area contributed by atoms with E-state index in [0.717, 1.165) is 12.1 Å². The molecule has 4 atom stereocenters. The predicted octanol–water partition coefficient (Wildman–Crippen LogP) is 5.09. The van der Waals surface area contributed by atoms with E-state index in [4.69, 9.17) is 18.9 Å². The quantitative estimate of drug-likeness (QED) is 0.255. The molecule has 0 amide bonds. The summed E-state index contributed by atoms with van der Waals surface area (Å²) in [6.07, 6.45) is -2.15. The SMILES string of the molecule is COc1ccc([C@@H]2Oc3cc(O)cc(O)c3C(=O)[C@@H]2[C@H]2C(=O)c3c(O)cc(O)cc3O[C@H]2c2ccc(OC)cc2)cc1. The van der Waals surface area contributed by atoms with Crippen molar-refractivity contribution in [2.45, 2.75) is 12.2 Å². The molecule has 0 aliphatic carbocycles. The van der Waals surface area contributed by atoms with E-state index in [1.807, 2.05) is 0 Å². The number of ketones is 2. The molecular weight excluding hydrogens is 544 g/mol. The highest BCUT2D eigenvalue weighted by Crippen LogP contribution is 2.53. The zero-order chi connectivity index (χ0) is 29.7. The zero-order valence-corrected chi connectivity index (χ0v) is 22.5. The molecule has 10 heteroatoms. The number of aromatic hydroxyl groups is 4. The number of hydrogen-bond acceptors (Lipinski definition) is 10. The normalized spacial score (nSPS) is 21.0. The first-order valence-electron chi connectivity index (χ1n) is 13.0. The smallest absolute Gasteiger partial charge is 0.178 e. The Morgan fingerprint density at radius 1 is 0.571 bits per heavy atom. The van der Waals surface area contributed by atoms with E-state index in [2.05, 4.69) is 0 Å². The minimum Gasteiger partial charge on any atom is -0.508 e. The Bertz CT molecular complexity index is 1570. The average Bonchev–Trinajstić information content (AvgIpc) is 2.96. The molecule has 10 nitrogen and oxygen atoms in total. The Labute approximate surface area is 239 Å². The summed E-state index contributed by atoms with van der Waals surface area (Å²) in [5.41, 5.74) is 0.656. The van der Waals surface area contributed by atoms with Crippen molar-refractivity contribution < 1.29 is 49.0 Å². The molecule has 2 heterocycles. The van der Waals surface area contributed by atoms with E-state index < -0.39 is 47.1 Å². The molecule has 0 saturated carbocycles. The van der Waals surface area contributed by atoms with Crippen LogP contribution in [0.25, 0.3) is 0 Å². The Morgan fingerprint density at radius 3 is 1.26 bits per heavy atom. The van der Waals surface area contributed by atoms with Gasteiger partial charge in [-0.1, -0.05) is 24.3 Å². The van der Waals surface area contributed by atoms with Gasteiger partial charge in [0.25, 0.3) is 0 Å². The number of rotatable bonds is 5. The molecule has 0 spiro atoms. The maximum atomic E-state index is 14.4. The van der Waals surface area contributed by atoms with Gasteiger partial charge in [0.15, 0.2) is 11.6 Å². The minimum absolute atomic E-state index is 0.0482. The Morgan fingerprint density at radius 2 is 0.929 bits per heavy atom. The van der Waals surface area contributed by atoms with Gasteiger partial charge in [0.1, 0.15) is 69.3 Å². The number of phenols is 4. The molecule has 42 heavy (non-hydrogen) atoms. The molecule has 0 radical (unpaired) electrons. The fourth-order valence-corrected chi connectivity index (χ4v) is 5.72. The molecule has 0 saturated heterocycles. The summed E-state index contributed by atoms with van der Waals surface area (Å²) in [4.78, 5) is 28.7. The molecule has 0 aromatic heterocycles. The molecule has 2 aliphatic heterocycles. The number of benzene rings is 4. The van der Waals surface area contributed by atoms with Crippen LogP contribution in [0.5, 0.6) is 46.0 Å². The van der Waals surface area contributed by atoms with Crippen molar-refractivity contribution in [3.05, 3.63) is 95.1 Å². The second kappa shape index (κ2) is 10.2. The van der Waals surface area contributed by atoms with E-state index in [1.54, 1.807) is 48.5 Å². The first kappa shape index (κ1) is 26.8. The van der Waals surface area contributed by atoms with E-state index >= 15 is 0 Å². The highest BCUT2D eigenvalue weighted by Gasteiger charge is 2.53. The fraction of sp³-hybridized carbons (Fsp3) is 0.188. The molecule has 6 rings (SSSR count). The monoisotopic (exact) mass is 570 g/mol. The molecule has 0 unspecified atom stereocenters. The predicted molar refractivity (Wildman–Crippen MR) is 148 cm³/mol. The second-order valence-corrected chi connectivity index (χ2v) is 10.1. The van der Waals surface area contributed by atoms with Crippen LogP contribution in [0.4, 0.5) is 0 Å². The van der Waals surface area contributed by atoms with Crippen LogP contribution in [0.3, 0.4) is 0 Å². The van der Waals surface area contributed by atoms with Crippen LogP contribution in [0, 0.1) is 11.8 Å². The first-order chi connectivity index (χ1) is 20.2. The van der Waals surface area contributed by atoms with Crippen molar-refractivity contribution in [3.63, 3.8) is 0 Å². The van der Waals surface area contributed by atoms with Crippen LogP contribution < -0.4 is 18.9 Å². The number of methoxy groups -OCH3 is 2. The minimum atomic E-state index is -1.26. The molecule has 0 bridgehead atoms. The van der Waals surface area contributed by atoms with E-state index in [1.165, 1.54) is 26.4 Å². The number of fused-ring (bicyclic) bond motifs is 2. The van der Waals surface area contributed by atoms with Gasteiger partial charge >= 0.3 is 0 Å². The number of Topliss-reactive ketones (excluding diaryl/α,β-unsaturated/α-hetero) is 2. The fourth-order valence-electron chi connectivity index (χ4n) is 5.72. The number of carbonyl (C=O) groups is 2. The van der Waals surface area contributed by atoms with Gasteiger partial charge in [-0.15, -0.1) is 0 Å². The van der Waals surface area contributed by atoms with Crippen LogP contribution in [0.2, 0.25) is 0 Å². The van der Waals surface area contributed by atoms with Crippen LogP contribution in [-0.2, 0) is 0 Å². The van der Waals surface area contributed by atoms with Crippen molar-refractivity contribution in [2.75, 3.05) is 14.2 Å². The van der Waals surface area contributed by atoms with Crippen molar-refractivity contribution in [1.29, 1.82) is 0 Å². The van der Waals surface area contributed by atoms with Crippen LogP contribution in [0.1, 0.15) is 44.1 Å². The molecule has 0 fully saturated rings. The van der Waals surface area contributed by atoms with E-state index in [9.17, 15) is 30.0 Å². The van der Waals surface area contributed by atoms with E-state index in [-0.39, 0.29) is 34.1 Å². The van der Waals surface area contributed by atoms with Gasteiger partial charge in [0.2, 0.25) is 0 Å². The highest BCUT2D eigenvalue weighted by atomic mass is 16.5. The van der Waals surface area contributed by atoms with Crippen LogP contribution in [-0.4, -0.2) is 46.2 Å². The number of phenolic OH excluding ortho intramolecular Hbond substituents is 4. The average molecular weight is 571 g/mol. The van der Waals surface area contributed by atoms with E-state index in [0.29, 0.717) is 22.6 Å². The standard InChI is InChI=1S/C32H26O10/c1-39-19-7-3-15(4-8-19)31-27(29(37)25-21(35)11-17(33)13-23(25)41-31)28-30(38)26-22(36)12-18(34)14-24(26)42-32(28)16-5-9-20(40-2)10-6-16/h3-14,27-28,31-36H,1-2H3/t27-,28-,31-,32-/m0/s1. The first-order valence-corrected chi connectivity index (χ1v) is 13.0. The summed E-state index contributed by atoms with van der Waals surface area (Å²) in [6.45, 7) is 0. The largest absolute Gasteiger partial charge is 0.508 e. The Kier molecular flexibility index (Phi) is 6.53. The van der Waals surface area contributed by atoms with Gasteiger partial charge in [-0.25, -0.2) is 0 Å². The maximum absolute atomic E-state index is 14.4. The summed E-state index contributed by atoms with van der Waals surface area (Å²) in [5.74, 6) is -4.37. The summed E-state index contributed by atoms with van der Waals surface area (Å²) in [6, 6.07) is 18.0. The second-order valence-electron chi connectivity index (χ2n) is 10.1. The molecule has 4 N–H and O–H groups in total. The lowest BCUT2D eigenvalue weighted by molar-refractivity contribution is 0.0129. The van der Waals surface area contributed by atoms with Crippen molar-refractivity contribution in [2.24, 2.45) is 11.8 Å². The number of carbonyl (C=O) groups excluding carboxylic acids is 2. The molecular formula is C32H26O10. The molecule has 4 aromatic carbocycles. The summed E-state index contributed by atoms with van der Waals surface area (Å²) < 4.78 is 23.1. The third kappa shape index (κ3) is 4.37.